The second kappa shape index (κ2) is 7.05. The third-order valence-electron chi connectivity index (χ3n) is 3.81. The van der Waals surface area contributed by atoms with Gasteiger partial charge < -0.3 is 4.74 Å². The van der Waals surface area contributed by atoms with E-state index in [0.29, 0.717) is 17.3 Å². The summed E-state index contributed by atoms with van der Waals surface area (Å²) in [5.74, 6) is 0.897. The van der Waals surface area contributed by atoms with Gasteiger partial charge in [0.25, 0.3) is 10.0 Å². The van der Waals surface area contributed by atoms with E-state index in [9.17, 15) is 8.42 Å². The summed E-state index contributed by atoms with van der Waals surface area (Å²) >= 11 is 0. The number of ether oxygens (including phenoxy) is 1. The van der Waals surface area contributed by atoms with Crippen molar-refractivity contribution in [3.63, 3.8) is 0 Å². The average molecular weight is 377 g/mol. The minimum Gasteiger partial charge on any atom is -0.437 e. The Morgan fingerprint density at radius 2 is 1.44 bits per heavy atom. The highest BCUT2D eigenvalue weighted by Crippen LogP contribution is 2.24. The topological polar surface area (TPSA) is 81.2 Å². The number of rotatable bonds is 5. The van der Waals surface area contributed by atoms with Crippen molar-refractivity contribution >= 4 is 26.7 Å². The lowest BCUT2D eigenvalue weighted by atomic mass is 10.3. The van der Waals surface area contributed by atoms with Gasteiger partial charge in [0.1, 0.15) is 5.75 Å². The number of sulfonamides is 1. The molecule has 0 unspecified atom stereocenters. The minimum absolute atomic E-state index is 0.205. The minimum atomic E-state index is -3.62. The highest BCUT2D eigenvalue weighted by Gasteiger charge is 2.13. The molecule has 0 bridgehead atoms. The van der Waals surface area contributed by atoms with Gasteiger partial charge in [-0.15, -0.1) is 0 Å². The van der Waals surface area contributed by atoms with Crippen LogP contribution in [0.2, 0.25) is 0 Å². The Balaban J connectivity index is 1.50. The van der Waals surface area contributed by atoms with Gasteiger partial charge in [-0.2, -0.15) is 0 Å². The van der Waals surface area contributed by atoms with Crippen LogP contribution in [0.15, 0.2) is 90.0 Å². The van der Waals surface area contributed by atoms with Crippen molar-refractivity contribution in [2.75, 3.05) is 4.72 Å². The molecule has 0 amide bonds. The molecule has 0 aliphatic carbocycles. The number of benzene rings is 3. The largest absolute Gasteiger partial charge is 0.437 e. The van der Waals surface area contributed by atoms with Crippen molar-refractivity contribution in [2.24, 2.45) is 0 Å². The van der Waals surface area contributed by atoms with E-state index in [1.165, 1.54) is 12.1 Å². The number of nitrogens with zero attached hydrogens (tertiary/aromatic N) is 2. The van der Waals surface area contributed by atoms with E-state index >= 15 is 0 Å². The SMILES string of the molecule is O=S(=O)(Nc1ccc(Oc2cnc3ccccc3n2)cc1)c1ccccc1. The molecule has 0 spiro atoms. The molecule has 4 rings (SSSR count). The van der Waals surface area contributed by atoms with Crippen molar-refractivity contribution in [1.29, 1.82) is 0 Å². The smallest absolute Gasteiger partial charge is 0.261 e. The van der Waals surface area contributed by atoms with Crippen LogP contribution in [0.3, 0.4) is 0 Å². The molecule has 0 aliphatic heterocycles. The monoisotopic (exact) mass is 377 g/mol. The Morgan fingerprint density at radius 3 is 2.19 bits per heavy atom. The van der Waals surface area contributed by atoms with Crippen LogP contribution in [0.4, 0.5) is 5.69 Å². The van der Waals surface area contributed by atoms with Gasteiger partial charge >= 0.3 is 0 Å². The van der Waals surface area contributed by atoms with Crippen molar-refractivity contribution < 1.29 is 13.2 Å². The van der Waals surface area contributed by atoms with Crippen LogP contribution in [-0.4, -0.2) is 18.4 Å². The lowest BCUT2D eigenvalue weighted by Crippen LogP contribution is -2.12. The third kappa shape index (κ3) is 3.88. The second-order valence-electron chi connectivity index (χ2n) is 5.74. The van der Waals surface area contributed by atoms with Gasteiger partial charge in [0, 0.05) is 5.69 Å². The Morgan fingerprint density at radius 1 is 0.778 bits per heavy atom. The number of para-hydroxylation sites is 2. The maximum absolute atomic E-state index is 12.3. The molecule has 3 aromatic carbocycles. The first-order valence-electron chi connectivity index (χ1n) is 8.18. The quantitative estimate of drug-likeness (QED) is 0.563. The molecule has 134 valence electrons. The predicted molar refractivity (Wildman–Crippen MR) is 103 cm³/mol. The van der Waals surface area contributed by atoms with Crippen LogP contribution >= 0.6 is 0 Å². The fourth-order valence-corrected chi connectivity index (χ4v) is 3.59. The molecule has 0 saturated carbocycles. The number of anilines is 1. The normalized spacial score (nSPS) is 11.3. The van der Waals surface area contributed by atoms with Crippen molar-refractivity contribution in [3.05, 3.63) is 85.1 Å². The van der Waals surface area contributed by atoms with Crippen LogP contribution in [-0.2, 0) is 10.0 Å². The summed E-state index contributed by atoms with van der Waals surface area (Å²) in [5.41, 5.74) is 1.97. The standard InChI is InChI=1S/C20H15N3O3S/c24-27(25,17-6-2-1-3-7-17)23-15-10-12-16(13-11-15)26-20-14-21-18-8-4-5-9-19(18)22-20/h1-14,23H. The van der Waals surface area contributed by atoms with E-state index in [1.54, 1.807) is 48.7 Å². The summed E-state index contributed by atoms with van der Waals surface area (Å²) in [6, 6.07) is 22.3. The number of hydrogen-bond donors (Lipinski definition) is 1. The maximum Gasteiger partial charge on any atom is 0.261 e. The number of aromatic nitrogens is 2. The van der Waals surface area contributed by atoms with Gasteiger partial charge in [0.05, 0.1) is 22.1 Å². The van der Waals surface area contributed by atoms with E-state index < -0.39 is 10.0 Å². The van der Waals surface area contributed by atoms with E-state index in [0.717, 1.165) is 11.0 Å². The molecule has 0 saturated heterocycles. The lowest BCUT2D eigenvalue weighted by Gasteiger charge is -2.09. The van der Waals surface area contributed by atoms with E-state index in [1.807, 2.05) is 24.3 Å². The summed E-state index contributed by atoms with van der Waals surface area (Å²) in [5, 5.41) is 0. The Kier molecular flexibility index (Phi) is 4.43. The summed E-state index contributed by atoms with van der Waals surface area (Å²) < 4.78 is 32.9. The number of nitrogens with one attached hydrogen (secondary N) is 1. The molecule has 0 fully saturated rings. The second-order valence-corrected chi connectivity index (χ2v) is 7.42. The van der Waals surface area contributed by atoms with Crippen molar-refractivity contribution in [3.8, 4) is 11.6 Å². The molecule has 0 aliphatic rings. The first-order chi connectivity index (χ1) is 13.1. The van der Waals surface area contributed by atoms with Gasteiger partial charge in [-0.1, -0.05) is 30.3 Å². The zero-order valence-electron chi connectivity index (χ0n) is 14.1. The fraction of sp³-hybridized carbons (Fsp3) is 0. The zero-order chi connectivity index (χ0) is 18.7. The zero-order valence-corrected chi connectivity index (χ0v) is 14.9. The highest BCUT2D eigenvalue weighted by atomic mass is 32.2. The maximum atomic E-state index is 12.3. The van der Waals surface area contributed by atoms with Gasteiger partial charge in [0.15, 0.2) is 0 Å². The van der Waals surface area contributed by atoms with Crippen LogP contribution in [0, 0.1) is 0 Å². The summed E-state index contributed by atoms with van der Waals surface area (Å²) in [6.07, 6.45) is 1.55. The first-order valence-corrected chi connectivity index (χ1v) is 9.66. The third-order valence-corrected chi connectivity index (χ3v) is 5.21. The molecular formula is C20H15N3O3S. The molecule has 1 heterocycles. The Bertz CT molecular complexity index is 1180. The lowest BCUT2D eigenvalue weighted by molar-refractivity contribution is 0.463. The molecule has 27 heavy (non-hydrogen) atoms. The molecule has 1 N–H and O–H groups in total. The summed E-state index contributed by atoms with van der Waals surface area (Å²) in [7, 11) is -3.62. The van der Waals surface area contributed by atoms with Crippen LogP contribution in [0.5, 0.6) is 11.6 Å². The van der Waals surface area contributed by atoms with Gasteiger partial charge in [-0.3, -0.25) is 4.72 Å². The predicted octanol–water partition coefficient (Wildman–Crippen LogP) is 4.22. The van der Waals surface area contributed by atoms with Crippen LogP contribution in [0.25, 0.3) is 11.0 Å². The molecular weight excluding hydrogens is 362 g/mol. The molecule has 0 atom stereocenters. The molecule has 4 aromatic rings. The molecule has 0 radical (unpaired) electrons. The molecule has 1 aromatic heterocycles. The average Bonchev–Trinajstić information content (AvgIpc) is 2.70. The highest BCUT2D eigenvalue weighted by molar-refractivity contribution is 7.92. The van der Waals surface area contributed by atoms with E-state index in [2.05, 4.69) is 14.7 Å². The fourth-order valence-electron chi connectivity index (χ4n) is 2.51. The van der Waals surface area contributed by atoms with Gasteiger partial charge in [0.2, 0.25) is 5.88 Å². The Labute approximate surface area is 156 Å². The number of fused-ring (bicyclic) bond motifs is 1. The van der Waals surface area contributed by atoms with Crippen molar-refractivity contribution in [2.45, 2.75) is 4.90 Å². The van der Waals surface area contributed by atoms with Crippen molar-refractivity contribution in [1.82, 2.24) is 9.97 Å². The summed E-state index contributed by atoms with van der Waals surface area (Å²) in [6.45, 7) is 0. The van der Waals surface area contributed by atoms with Gasteiger partial charge in [-0.05, 0) is 48.5 Å². The van der Waals surface area contributed by atoms with Crippen LogP contribution in [0.1, 0.15) is 0 Å². The molecule has 6 nitrogen and oxygen atoms in total. The first kappa shape index (κ1) is 17.0. The van der Waals surface area contributed by atoms with E-state index in [-0.39, 0.29) is 4.90 Å². The van der Waals surface area contributed by atoms with E-state index in [4.69, 9.17) is 4.74 Å². The van der Waals surface area contributed by atoms with Gasteiger partial charge in [-0.25, -0.2) is 18.4 Å². The number of hydrogen-bond acceptors (Lipinski definition) is 5. The summed E-state index contributed by atoms with van der Waals surface area (Å²) in [4.78, 5) is 8.90. The van der Waals surface area contributed by atoms with Crippen LogP contribution < -0.4 is 9.46 Å². The Hall–Kier alpha value is -3.45. The molecule has 7 heteroatoms.